The molecule has 1 heterocycles. The van der Waals surface area contributed by atoms with E-state index in [2.05, 4.69) is 0 Å². The smallest absolute Gasteiger partial charge is 0.274 e. The van der Waals surface area contributed by atoms with Crippen molar-refractivity contribution in [1.82, 2.24) is 10.0 Å². The summed E-state index contributed by atoms with van der Waals surface area (Å²) in [4.78, 5) is 24.1. The molecule has 0 saturated heterocycles. The third kappa shape index (κ3) is 4.14. The zero-order chi connectivity index (χ0) is 22.7. The Morgan fingerprint density at radius 1 is 0.906 bits per heavy atom. The predicted octanol–water partition coefficient (Wildman–Crippen LogP) is 4.23. The molecule has 6 nitrogen and oxygen atoms in total. The zero-order valence-corrected chi connectivity index (χ0v) is 17.0. The van der Waals surface area contributed by atoms with Gasteiger partial charge in [0.25, 0.3) is 11.8 Å². The van der Waals surface area contributed by atoms with Gasteiger partial charge in [0.05, 0.1) is 0 Å². The summed E-state index contributed by atoms with van der Waals surface area (Å²) in [6.07, 6.45) is 0. The van der Waals surface area contributed by atoms with Gasteiger partial charge in [-0.15, -0.1) is 0 Å². The second kappa shape index (κ2) is 8.87. The minimum absolute atomic E-state index is 0.299. The number of carbonyl (C=O) groups excluding carboxylic acids is 2. The van der Waals surface area contributed by atoms with Crippen molar-refractivity contribution in [1.29, 1.82) is 0 Å². The lowest BCUT2D eigenvalue weighted by Crippen LogP contribution is -2.19. The molecule has 0 saturated carbocycles. The minimum Gasteiger partial charge on any atom is -0.364 e. The van der Waals surface area contributed by atoms with E-state index in [9.17, 15) is 14.0 Å². The van der Waals surface area contributed by atoms with Gasteiger partial charge in [-0.3, -0.25) is 14.8 Å². The number of primary amides is 1. The third-order valence-corrected chi connectivity index (χ3v) is 5.21. The van der Waals surface area contributed by atoms with Crippen molar-refractivity contribution >= 4 is 11.8 Å². The van der Waals surface area contributed by atoms with Crippen LogP contribution in [0.3, 0.4) is 0 Å². The van der Waals surface area contributed by atoms with Crippen LogP contribution in [0.15, 0.2) is 84.9 Å². The molecule has 7 heteroatoms. The first kappa shape index (κ1) is 21.0. The van der Waals surface area contributed by atoms with Crippen LogP contribution in [0.25, 0.3) is 22.4 Å². The van der Waals surface area contributed by atoms with Crippen molar-refractivity contribution < 1.29 is 19.2 Å². The molecule has 2 amide bonds. The van der Waals surface area contributed by atoms with Crippen LogP contribution in [0.4, 0.5) is 4.39 Å². The maximum absolute atomic E-state index is 13.5. The Labute approximate surface area is 183 Å². The summed E-state index contributed by atoms with van der Waals surface area (Å²) in [6, 6.07) is 24.0. The Kier molecular flexibility index (Phi) is 5.83. The molecule has 0 atom stereocenters. The number of hydroxylamine groups is 1. The number of benzene rings is 3. The topological polar surface area (TPSA) is 97.4 Å². The van der Waals surface area contributed by atoms with Gasteiger partial charge in [-0.05, 0) is 47.0 Å². The molecule has 0 unspecified atom stereocenters. The largest absolute Gasteiger partial charge is 0.364 e. The van der Waals surface area contributed by atoms with Gasteiger partial charge >= 0.3 is 0 Å². The molecule has 1 aromatic heterocycles. The number of amides is 2. The number of hydrogen-bond donors (Lipinski definition) is 3. The summed E-state index contributed by atoms with van der Waals surface area (Å²) in [5, 5.41) is 8.80. The zero-order valence-electron chi connectivity index (χ0n) is 17.0. The Morgan fingerprint density at radius 3 is 2.16 bits per heavy atom. The molecule has 4 rings (SSSR count). The van der Waals surface area contributed by atoms with Crippen LogP contribution in [0.2, 0.25) is 0 Å². The van der Waals surface area contributed by atoms with Gasteiger partial charge in [0.1, 0.15) is 11.5 Å². The van der Waals surface area contributed by atoms with Crippen LogP contribution >= 0.6 is 0 Å². The summed E-state index contributed by atoms with van der Waals surface area (Å²) in [5.74, 6) is -1.59. The van der Waals surface area contributed by atoms with Gasteiger partial charge in [0.15, 0.2) is 0 Å². The number of nitrogens with zero attached hydrogens (tertiary/aromatic N) is 1. The molecule has 32 heavy (non-hydrogen) atoms. The Bertz CT molecular complexity index is 1260. The third-order valence-electron chi connectivity index (χ3n) is 5.21. The first-order valence-electron chi connectivity index (χ1n) is 9.86. The van der Waals surface area contributed by atoms with Gasteiger partial charge in [0.2, 0.25) is 0 Å². The molecule has 0 bridgehead atoms. The van der Waals surface area contributed by atoms with Crippen molar-refractivity contribution in [2.24, 2.45) is 5.73 Å². The van der Waals surface area contributed by atoms with Crippen LogP contribution in [-0.4, -0.2) is 21.6 Å². The van der Waals surface area contributed by atoms with Crippen LogP contribution in [0.1, 0.15) is 26.4 Å². The summed E-state index contributed by atoms with van der Waals surface area (Å²) < 4.78 is 15.3. The Hall–Kier alpha value is -4.23. The number of hydrogen-bond acceptors (Lipinski definition) is 3. The van der Waals surface area contributed by atoms with Crippen molar-refractivity contribution in [2.75, 3.05) is 0 Å². The van der Waals surface area contributed by atoms with E-state index < -0.39 is 11.8 Å². The molecular formula is C25H20FN3O3. The molecule has 4 aromatic rings. The van der Waals surface area contributed by atoms with E-state index in [4.69, 9.17) is 10.9 Å². The molecule has 160 valence electrons. The van der Waals surface area contributed by atoms with E-state index in [0.717, 1.165) is 16.8 Å². The fraction of sp³-hybridized carbons (Fsp3) is 0.0400. The molecule has 0 radical (unpaired) electrons. The highest BCUT2D eigenvalue weighted by molar-refractivity contribution is 6.00. The lowest BCUT2D eigenvalue weighted by Gasteiger charge is -2.13. The lowest BCUT2D eigenvalue weighted by molar-refractivity contribution is 0.0706. The minimum atomic E-state index is -0.612. The molecular weight excluding hydrogens is 409 g/mol. The number of nitrogens with one attached hydrogen (secondary N) is 1. The quantitative estimate of drug-likeness (QED) is 0.316. The lowest BCUT2D eigenvalue weighted by atomic mass is 10.0. The molecule has 0 spiro atoms. The van der Waals surface area contributed by atoms with Crippen LogP contribution < -0.4 is 11.2 Å². The fourth-order valence-corrected chi connectivity index (χ4v) is 3.69. The van der Waals surface area contributed by atoms with Crippen LogP contribution in [-0.2, 0) is 6.54 Å². The first-order chi connectivity index (χ1) is 15.5. The maximum Gasteiger partial charge on any atom is 0.274 e. The van der Waals surface area contributed by atoms with E-state index >= 15 is 0 Å². The van der Waals surface area contributed by atoms with Crippen molar-refractivity contribution in [3.63, 3.8) is 0 Å². The van der Waals surface area contributed by atoms with E-state index in [1.54, 1.807) is 41.9 Å². The average molecular weight is 429 g/mol. The molecule has 0 aliphatic rings. The van der Waals surface area contributed by atoms with E-state index in [0.29, 0.717) is 28.9 Å². The molecule has 0 fully saturated rings. The van der Waals surface area contributed by atoms with Crippen molar-refractivity contribution in [2.45, 2.75) is 6.54 Å². The Morgan fingerprint density at radius 2 is 1.56 bits per heavy atom. The normalized spacial score (nSPS) is 10.7. The SMILES string of the molecule is NC(=O)c1c(-c2ccc(F)cc2)cc(-c2ccccc2)n1Cc1ccc(C(=O)NO)cc1. The highest BCUT2D eigenvalue weighted by Gasteiger charge is 2.22. The van der Waals surface area contributed by atoms with Gasteiger partial charge in [-0.2, -0.15) is 0 Å². The second-order valence-corrected chi connectivity index (χ2v) is 7.25. The van der Waals surface area contributed by atoms with Gasteiger partial charge < -0.3 is 10.3 Å². The first-order valence-corrected chi connectivity index (χ1v) is 9.86. The molecule has 4 N–H and O–H groups in total. The molecule has 0 aliphatic heterocycles. The van der Waals surface area contributed by atoms with Crippen molar-refractivity contribution in [3.8, 4) is 22.4 Å². The van der Waals surface area contributed by atoms with Crippen LogP contribution in [0, 0.1) is 5.82 Å². The highest BCUT2D eigenvalue weighted by atomic mass is 19.1. The standard InChI is InChI=1S/C25H20FN3O3/c26-20-12-10-17(11-13-20)21-14-22(18-4-2-1-3-5-18)29(23(21)24(27)30)15-16-6-8-19(9-7-16)25(31)28-32/h1-14,32H,15H2,(H2,27,30)(H,28,31). The van der Waals surface area contributed by atoms with E-state index in [-0.39, 0.29) is 5.82 Å². The van der Waals surface area contributed by atoms with Crippen molar-refractivity contribution in [3.05, 3.63) is 108 Å². The van der Waals surface area contributed by atoms with E-state index in [1.807, 2.05) is 41.0 Å². The van der Waals surface area contributed by atoms with Gasteiger partial charge in [-0.1, -0.05) is 54.6 Å². The van der Waals surface area contributed by atoms with E-state index in [1.165, 1.54) is 12.1 Å². The van der Waals surface area contributed by atoms with Gasteiger partial charge in [-0.25, -0.2) is 9.87 Å². The Balaban J connectivity index is 1.86. The fourth-order valence-electron chi connectivity index (χ4n) is 3.69. The predicted molar refractivity (Wildman–Crippen MR) is 119 cm³/mol. The highest BCUT2D eigenvalue weighted by Crippen LogP contribution is 2.33. The summed E-state index contributed by atoms with van der Waals surface area (Å²) in [7, 11) is 0. The number of carbonyl (C=O) groups is 2. The average Bonchev–Trinajstić information content (AvgIpc) is 3.19. The maximum atomic E-state index is 13.5. The van der Waals surface area contributed by atoms with Gasteiger partial charge in [0, 0.05) is 23.4 Å². The number of aromatic nitrogens is 1. The monoisotopic (exact) mass is 429 g/mol. The number of nitrogens with two attached hydrogens (primary N) is 1. The summed E-state index contributed by atoms with van der Waals surface area (Å²) >= 11 is 0. The summed E-state index contributed by atoms with van der Waals surface area (Å²) in [5.41, 5.74) is 11.8. The number of rotatable bonds is 6. The molecule has 0 aliphatic carbocycles. The molecule has 3 aromatic carbocycles. The van der Waals surface area contributed by atoms with Crippen LogP contribution in [0.5, 0.6) is 0 Å². The second-order valence-electron chi connectivity index (χ2n) is 7.25. The summed E-state index contributed by atoms with van der Waals surface area (Å²) in [6.45, 7) is 0.310. The number of halogens is 1.